The van der Waals surface area contributed by atoms with E-state index in [1.807, 2.05) is 0 Å². The lowest BCUT2D eigenvalue weighted by Crippen LogP contribution is -2.29. The molecule has 27 heavy (non-hydrogen) atoms. The van der Waals surface area contributed by atoms with Gasteiger partial charge in [-0.3, -0.25) is 0 Å². The minimum Gasteiger partial charge on any atom is -0.351 e. The van der Waals surface area contributed by atoms with Crippen LogP contribution in [0.15, 0.2) is 0 Å². The van der Waals surface area contributed by atoms with Gasteiger partial charge in [0.1, 0.15) is 0 Å². The summed E-state index contributed by atoms with van der Waals surface area (Å²) in [5, 5.41) is 10.1. The van der Waals surface area contributed by atoms with E-state index in [0.717, 1.165) is 65.0 Å². The molecular weight excluding hydrogens is 387 g/mol. The molecule has 1 saturated carbocycles. The number of nitrogens with two attached hydrogens (primary N) is 2. The van der Waals surface area contributed by atoms with Crippen molar-refractivity contribution >= 4 is 29.2 Å². The number of aromatic nitrogens is 3. The summed E-state index contributed by atoms with van der Waals surface area (Å²) in [6.07, 6.45) is 8.25. The first-order chi connectivity index (χ1) is 13.2. The highest BCUT2D eigenvalue weighted by Crippen LogP contribution is 2.20. The van der Waals surface area contributed by atoms with Crippen LogP contribution < -0.4 is 27.4 Å². The molecular formula is C17H34Cl2N8. The van der Waals surface area contributed by atoms with Crippen molar-refractivity contribution in [3.8, 4) is 0 Å². The Morgan fingerprint density at radius 2 is 1.30 bits per heavy atom. The van der Waals surface area contributed by atoms with Gasteiger partial charge in [-0.1, -0.05) is 19.3 Å². The Kier molecular flexibility index (Phi) is 14.6. The molecule has 0 spiro atoms. The number of anilines is 1. The molecule has 0 saturated heterocycles. The maximum absolute atomic E-state index is 5.68. The molecule has 1 aromatic heterocycles. The summed E-state index contributed by atoms with van der Waals surface area (Å²) in [4.78, 5) is 11.6. The Balaban J connectivity index is 0.000000279. The monoisotopic (exact) mass is 420 g/mol. The topological polar surface area (TPSA) is 127 Å². The van der Waals surface area contributed by atoms with Gasteiger partial charge in [0.15, 0.2) is 0 Å². The van der Waals surface area contributed by atoms with E-state index in [1.54, 1.807) is 0 Å². The molecule has 10 heteroatoms. The van der Waals surface area contributed by atoms with Gasteiger partial charge in [-0.05, 0) is 75.1 Å². The Morgan fingerprint density at radius 3 is 1.78 bits per heavy atom. The molecule has 2 rings (SSSR count). The third-order valence-corrected chi connectivity index (χ3v) is 4.45. The summed E-state index contributed by atoms with van der Waals surface area (Å²) >= 11 is 11.4. The van der Waals surface area contributed by atoms with E-state index in [2.05, 4.69) is 30.9 Å². The number of nitrogens with zero attached hydrogens (tertiary/aromatic N) is 3. The van der Waals surface area contributed by atoms with Crippen molar-refractivity contribution in [2.24, 2.45) is 11.5 Å². The molecule has 0 unspecified atom stereocenters. The van der Waals surface area contributed by atoms with Gasteiger partial charge < -0.3 is 27.4 Å². The zero-order chi connectivity index (χ0) is 19.7. The quantitative estimate of drug-likeness (QED) is 0.342. The van der Waals surface area contributed by atoms with Gasteiger partial charge in [0.2, 0.25) is 16.5 Å². The van der Waals surface area contributed by atoms with Gasteiger partial charge >= 0.3 is 0 Å². The van der Waals surface area contributed by atoms with E-state index in [0.29, 0.717) is 12.0 Å². The van der Waals surface area contributed by atoms with Gasteiger partial charge in [-0.15, -0.1) is 0 Å². The molecule has 0 aliphatic heterocycles. The number of nitrogens with one attached hydrogen (secondary N) is 3. The molecule has 1 aliphatic carbocycles. The minimum atomic E-state index is 0.133. The molecule has 7 N–H and O–H groups in total. The Bertz CT molecular complexity index is 456. The normalized spacial score (nSPS) is 14.5. The van der Waals surface area contributed by atoms with E-state index in [4.69, 9.17) is 34.7 Å². The van der Waals surface area contributed by atoms with Crippen LogP contribution in [0.1, 0.15) is 44.9 Å². The highest BCUT2D eigenvalue weighted by Gasteiger charge is 2.14. The van der Waals surface area contributed by atoms with Gasteiger partial charge in [-0.2, -0.15) is 15.0 Å². The lowest BCUT2D eigenvalue weighted by atomic mass is 9.96. The smallest absolute Gasteiger partial charge is 0.228 e. The fourth-order valence-corrected chi connectivity index (χ4v) is 3.06. The molecule has 1 aliphatic rings. The van der Waals surface area contributed by atoms with Crippen LogP contribution in [0.4, 0.5) is 5.95 Å². The largest absolute Gasteiger partial charge is 0.351 e. The number of rotatable bonds is 11. The third-order valence-electron chi connectivity index (χ3n) is 4.11. The predicted octanol–water partition coefficient (Wildman–Crippen LogP) is 1.79. The van der Waals surface area contributed by atoms with Gasteiger partial charge in [0, 0.05) is 19.1 Å². The number of hydrogen-bond acceptors (Lipinski definition) is 8. The van der Waals surface area contributed by atoms with Gasteiger partial charge in [0.05, 0.1) is 0 Å². The molecule has 1 heterocycles. The first-order valence-corrected chi connectivity index (χ1v) is 10.6. The average Bonchev–Trinajstić information content (AvgIpc) is 2.64. The summed E-state index contributed by atoms with van der Waals surface area (Å²) < 4.78 is 0. The maximum Gasteiger partial charge on any atom is 0.228 e. The van der Waals surface area contributed by atoms with E-state index in [-0.39, 0.29) is 10.6 Å². The van der Waals surface area contributed by atoms with Crippen molar-refractivity contribution in [2.45, 2.75) is 51.0 Å². The highest BCUT2D eigenvalue weighted by molar-refractivity contribution is 6.31. The summed E-state index contributed by atoms with van der Waals surface area (Å²) in [5.74, 6) is 0.479. The van der Waals surface area contributed by atoms with Crippen LogP contribution in [0.25, 0.3) is 0 Å². The number of hydrogen-bond donors (Lipinski definition) is 5. The molecule has 0 atom stereocenters. The van der Waals surface area contributed by atoms with Crippen LogP contribution in [0.2, 0.25) is 10.6 Å². The lowest BCUT2D eigenvalue weighted by Gasteiger charge is -2.22. The third kappa shape index (κ3) is 13.1. The van der Waals surface area contributed by atoms with Gasteiger partial charge in [-0.25, -0.2) is 0 Å². The molecule has 8 nitrogen and oxygen atoms in total. The zero-order valence-corrected chi connectivity index (χ0v) is 17.5. The average molecular weight is 421 g/mol. The zero-order valence-electron chi connectivity index (χ0n) is 16.0. The fourth-order valence-electron chi connectivity index (χ4n) is 2.70. The first-order valence-electron chi connectivity index (χ1n) is 9.81. The SMILES string of the molecule is Clc1nc(Cl)nc(NC2CCCCC2)n1.NCCCNCCNCCCN. The molecule has 1 fully saturated rings. The Morgan fingerprint density at radius 1 is 0.778 bits per heavy atom. The second kappa shape index (κ2) is 16.2. The Hall–Kier alpha value is -0.770. The summed E-state index contributed by atoms with van der Waals surface area (Å²) in [6, 6.07) is 0.438. The molecule has 0 radical (unpaired) electrons. The van der Waals surface area contributed by atoms with Crippen molar-refractivity contribution in [1.29, 1.82) is 0 Å². The number of halogens is 2. The van der Waals surface area contributed by atoms with E-state index in [1.165, 1.54) is 19.3 Å². The molecule has 0 aromatic carbocycles. The Labute approximate surface area is 172 Å². The van der Waals surface area contributed by atoms with Crippen molar-refractivity contribution in [1.82, 2.24) is 25.6 Å². The van der Waals surface area contributed by atoms with Crippen LogP contribution in [-0.4, -0.2) is 60.3 Å². The van der Waals surface area contributed by atoms with Crippen molar-refractivity contribution in [3.63, 3.8) is 0 Å². The standard InChI is InChI=1S/C9H12Cl2N4.C8H22N4/c10-7-13-8(11)15-9(14-7)12-6-4-2-1-3-5-6;9-3-1-5-11-7-8-12-6-2-4-10/h6H,1-5H2,(H,12,13,14,15);11-12H,1-10H2. The van der Waals surface area contributed by atoms with E-state index >= 15 is 0 Å². The summed E-state index contributed by atoms with van der Waals surface area (Å²) in [5.41, 5.74) is 10.7. The second-order valence-electron chi connectivity index (χ2n) is 6.46. The second-order valence-corrected chi connectivity index (χ2v) is 7.14. The van der Waals surface area contributed by atoms with Crippen LogP contribution in [-0.2, 0) is 0 Å². The lowest BCUT2D eigenvalue weighted by molar-refractivity contribution is 0.460. The van der Waals surface area contributed by atoms with Crippen molar-refractivity contribution in [2.75, 3.05) is 44.6 Å². The minimum absolute atomic E-state index is 0.133. The first kappa shape index (κ1) is 24.3. The van der Waals surface area contributed by atoms with Crippen LogP contribution in [0, 0.1) is 0 Å². The molecule has 156 valence electrons. The van der Waals surface area contributed by atoms with Crippen molar-refractivity contribution < 1.29 is 0 Å². The van der Waals surface area contributed by atoms with E-state index < -0.39 is 0 Å². The van der Waals surface area contributed by atoms with Crippen molar-refractivity contribution in [3.05, 3.63) is 10.6 Å². The van der Waals surface area contributed by atoms with Gasteiger partial charge in [0.25, 0.3) is 0 Å². The maximum atomic E-state index is 5.68. The van der Waals surface area contributed by atoms with E-state index in [9.17, 15) is 0 Å². The van der Waals surface area contributed by atoms with Crippen LogP contribution in [0.5, 0.6) is 0 Å². The summed E-state index contributed by atoms with van der Waals surface area (Å²) in [6.45, 7) is 5.63. The molecule has 1 aromatic rings. The van der Waals surface area contributed by atoms with Crippen LogP contribution >= 0.6 is 23.2 Å². The molecule has 0 amide bonds. The van der Waals surface area contributed by atoms with Crippen LogP contribution in [0.3, 0.4) is 0 Å². The summed E-state index contributed by atoms with van der Waals surface area (Å²) in [7, 11) is 0. The fraction of sp³-hybridized carbons (Fsp3) is 0.824. The molecule has 0 bridgehead atoms. The predicted molar refractivity (Wildman–Crippen MR) is 113 cm³/mol. The highest BCUT2D eigenvalue weighted by atomic mass is 35.5.